The van der Waals surface area contributed by atoms with Crippen molar-refractivity contribution in [2.75, 3.05) is 17.2 Å². The van der Waals surface area contributed by atoms with E-state index in [4.69, 9.17) is 0 Å². The fourth-order valence-electron chi connectivity index (χ4n) is 2.62. The zero-order valence-electron chi connectivity index (χ0n) is 11.6. The molecule has 1 fully saturated rings. The van der Waals surface area contributed by atoms with Crippen LogP contribution in [0.4, 0.5) is 5.82 Å². The molecule has 2 unspecified atom stereocenters. The van der Waals surface area contributed by atoms with Gasteiger partial charge in [0.05, 0.1) is 5.52 Å². The SMILES string of the molecule is Cc1ccc2ncnc(N3CCSC(C)C3C)c2c1. The Morgan fingerprint density at radius 3 is 2.95 bits per heavy atom. The lowest BCUT2D eigenvalue weighted by atomic mass is 10.1. The zero-order valence-corrected chi connectivity index (χ0v) is 12.4. The van der Waals surface area contributed by atoms with Crippen LogP contribution >= 0.6 is 11.8 Å². The number of fused-ring (bicyclic) bond motifs is 1. The summed E-state index contributed by atoms with van der Waals surface area (Å²) < 4.78 is 0. The van der Waals surface area contributed by atoms with Gasteiger partial charge in [0, 0.05) is 29.0 Å². The van der Waals surface area contributed by atoms with E-state index in [0.29, 0.717) is 11.3 Å². The van der Waals surface area contributed by atoms with Gasteiger partial charge in [-0.25, -0.2) is 9.97 Å². The van der Waals surface area contributed by atoms with Crippen LogP contribution in [-0.2, 0) is 0 Å². The lowest BCUT2D eigenvalue weighted by Crippen LogP contribution is -2.45. The van der Waals surface area contributed by atoms with E-state index in [2.05, 4.69) is 53.8 Å². The number of benzene rings is 1. The van der Waals surface area contributed by atoms with Crippen LogP contribution in [0.25, 0.3) is 10.9 Å². The molecule has 0 saturated carbocycles. The second-order valence-electron chi connectivity index (χ2n) is 5.23. The molecular weight excluding hydrogens is 254 g/mol. The molecule has 2 aromatic rings. The predicted octanol–water partition coefficient (Wildman–Crippen LogP) is 3.27. The van der Waals surface area contributed by atoms with Crippen LogP contribution in [0.5, 0.6) is 0 Å². The number of hydrogen-bond acceptors (Lipinski definition) is 4. The molecule has 2 atom stereocenters. The fourth-order valence-corrected chi connectivity index (χ4v) is 3.72. The van der Waals surface area contributed by atoms with Crippen molar-refractivity contribution in [3.8, 4) is 0 Å². The van der Waals surface area contributed by atoms with Crippen molar-refractivity contribution in [1.29, 1.82) is 0 Å². The summed E-state index contributed by atoms with van der Waals surface area (Å²) in [4.78, 5) is 11.4. The molecule has 1 saturated heterocycles. The molecule has 100 valence electrons. The van der Waals surface area contributed by atoms with Crippen molar-refractivity contribution in [2.24, 2.45) is 0 Å². The largest absolute Gasteiger partial charge is 0.351 e. The molecule has 0 bridgehead atoms. The van der Waals surface area contributed by atoms with E-state index in [0.717, 1.165) is 17.9 Å². The van der Waals surface area contributed by atoms with E-state index >= 15 is 0 Å². The van der Waals surface area contributed by atoms with E-state index in [1.165, 1.54) is 16.7 Å². The molecule has 0 aliphatic carbocycles. The average Bonchev–Trinajstić information content (AvgIpc) is 2.41. The summed E-state index contributed by atoms with van der Waals surface area (Å²) in [6.45, 7) is 7.78. The van der Waals surface area contributed by atoms with E-state index in [9.17, 15) is 0 Å². The summed E-state index contributed by atoms with van der Waals surface area (Å²) in [6.07, 6.45) is 1.69. The summed E-state index contributed by atoms with van der Waals surface area (Å²) >= 11 is 2.05. The molecule has 0 amide bonds. The van der Waals surface area contributed by atoms with E-state index in [-0.39, 0.29) is 0 Å². The Morgan fingerprint density at radius 1 is 1.26 bits per heavy atom. The second-order valence-corrected chi connectivity index (χ2v) is 6.71. The van der Waals surface area contributed by atoms with Gasteiger partial charge in [-0.1, -0.05) is 18.6 Å². The predicted molar refractivity (Wildman–Crippen MR) is 83.0 cm³/mol. The van der Waals surface area contributed by atoms with Crippen molar-refractivity contribution < 1.29 is 0 Å². The van der Waals surface area contributed by atoms with Gasteiger partial charge in [-0.05, 0) is 26.0 Å². The van der Waals surface area contributed by atoms with E-state index in [1.54, 1.807) is 6.33 Å². The molecule has 19 heavy (non-hydrogen) atoms. The molecule has 3 nitrogen and oxygen atoms in total. The highest BCUT2D eigenvalue weighted by Crippen LogP contribution is 2.31. The average molecular weight is 273 g/mol. The third kappa shape index (κ3) is 2.29. The van der Waals surface area contributed by atoms with Gasteiger partial charge in [0.2, 0.25) is 0 Å². The Hall–Kier alpha value is -1.29. The lowest BCUT2D eigenvalue weighted by molar-refractivity contribution is 0.622. The van der Waals surface area contributed by atoms with Crippen LogP contribution in [0, 0.1) is 6.92 Å². The molecule has 0 spiro atoms. The number of hydrogen-bond donors (Lipinski definition) is 0. The van der Waals surface area contributed by atoms with Gasteiger partial charge in [0.1, 0.15) is 12.1 Å². The van der Waals surface area contributed by atoms with Crippen LogP contribution in [0.2, 0.25) is 0 Å². The number of nitrogens with zero attached hydrogens (tertiary/aromatic N) is 3. The van der Waals surface area contributed by atoms with Crippen LogP contribution < -0.4 is 4.90 Å². The summed E-state index contributed by atoms with van der Waals surface area (Å²) in [5.74, 6) is 2.26. The summed E-state index contributed by atoms with van der Waals surface area (Å²) in [5, 5.41) is 1.82. The van der Waals surface area contributed by atoms with E-state index < -0.39 is 0 Å². The maximum atomic E-state index is 4.56. The highest BCUT2D eigenvalue weighted by Gasteiger charge is 2.27. The molecule has 1 aromatic carbocycles. The molecule has 1 aliphatic heterocycles. The quantitative estimate of drug-likeness (QED) is 0.797. The normalized spacial score (nSPS) is 23.8. The first-order valence-electron chi connectivity index (χ1n) is 6.76. The first-order valence-corrected chi connectivity index (χ1v) is 7.81. The minimum Gasteiger partial charge on any atom is -0.351 e. The Morgan fingerprint density at radius 2 is 2.11 bits per heavy atom. The number of aromatic nitrogens is 2. The standard InChI is InChI=1S/C15H19N3S/c1-10-4-5-14-13(8-10)15(17-9-16-14)18-6-7-19-12(3)11(18)2/h4-5,8-9,11-12H,6-7H2,1-3H3. The molecule has 4 heteroatoms. The minimum absolute atomic E-state index is 0.511. The molecule has 0 N–H and O–H groups in total. The number of aryl methyl sites for hydroxylation is 1. The second kappa shape index (κ2) is 5.00. The van der Waals surface area contributed by atoms with Crippen molar-refractivity contribution in [3.05, 3.63) is 30.1 Å². The number of thioether (sulfide) groups is 1. The van der Waals surface area contributed by atoms with Crippen LogP contribution in [0.1, 0.15) is 19.4 Å². The van der Waals surface area contributed by atoms with Crippen LogP contribution in [-0.4, -0.2) is 33.6 Å². The summed E-state index contributed by atoms with van der Waals surface area (Å²) in [5.41, 5.74) is 2.30. The highest BCUT2D eigenvalue weighted by molar-refractivity contribution is 8.00. The van der Waals surface area contributed by atoms with Crippen LogP contribution in [0.15, 0.2) is 24.5 Å². The Labute approximate surface area is 118 Å². The van der Waals surface area contributed by atoms with Gasteiger partial charge < -0.3 is 4.90 Å². The van der Waals surface area contributed by atoms with Crippen molar-refractivity contribution in [3.63, 3.8) is 0 Å². The summed E-state index contributed by atoms with van der Waals surface area (Å²) in [7, 11) is 0. The monoisotopic (exact) mass is 273 g/mol. The van der Waals surface area contributed by atoms with Gasteiger partial charge in [0.25, 0.3) is 0 Å². The van der Waals surface area contributed by atoms with Crippen molar-refractivity contribution in [2.45, 2.75) is 32.1 Å². The van der Waals surface area contributed by atoms with Crippen molar-refractivity contribution in [1.82, 2.24) is 9.97 Å². The van der Waals surface area contributed by atoms with Crippen molar-refractivity contribution >= 4 is 28.5 Å². The third-order valence-corrected chi connectivity index (χ3v) is 5.26. The van der Waals surface area contributed by atoms with Gasteiger partial charge in [-0.3, -0.25) is 0 Å². The molecular formula is C15H19N3S. The lowest BCUT2D eigenvalue weighted by Gasteiger charge is -2.38. The highest BCUT2D eigenvalue weighted by atomic mass is 32.2. The Kier molecular flexibility index (Phi) is 3.35. The Bertz CT molecular complexity index is 599. The van der Waals surface area contributed by atoms with Crippen LogP contribution in [0.3, 0.4) is 0 Å². The van der Waals surface area contributed by atoms with E-state index in [1.807, 2.05) is 11.8 Å². The number of rotatable bonds is 1. The maximum Gasteiger partial charge on any atom is 0.140 e. The van der Waals surface area contributed by atoms with Gasteiger partial charge >= 0.3 is 0 Å². The fraction of sp³-hybridized carbons (Fsp3) is 0.467. The zero-order chi connectivity index (χ0) is 13.4. The first kappa shape index (κ1) is 12.7. The maximum absolute atomic E-state index is 4.56. The molecule has 1 aliphatic rings. The topological polar surface area (TPSA) is 29.0 Å². The van der Waals surface area contributed by atoms with Gasteiger partial charge in [-0.15, -0.1) is 0 Å². The van der Waals surface area contributed by atoms with Gasteiger partial charge in [0.15, 0.2) is 0 Å². The molecule has 2 heterocycles. The minimum atomic E-state index is 0.511. The van der Waals surface area contributed by atoms with Gasteiger partial charge in [-0.2, -0.15) is 11.8 Å². The summed E-state index contributed by atoms with van der Waals surface area (Å²) in [6, 6.07) is 6.90. The first-order chi connectivity index (χ1) is 9.16. The number of anilines is 1. The smallest absolute Gasteiger partial charge is 0.140 e. The Balaban J connectivity index is 2.11. The molecule has 3 rings (SSSR count). The molecule has 1 aromatic heterocycles. The third-order valence-electron chi connectivity index (χ3n) is 3.93. The molecule has 0 radical (unpaired) electrons.